The molecule has 8 nitrogen and oxygen atoms in total. The lowest BCUT2D eigenvalue weighted by molar-refractivity contribution is -0.138. The lowest BCUT2D eigenvalue weighted by atomic mass is 9.77. The highest BCUT2D eigenvalue weighted by atomic mass is 35.5. The van der Waals surface area contributed by atoms with Crippen molar-refractivity contribution in [2.24, 2.45) is 5.41 Å². The number of nitrogens with one attached hydrogen (secondary N) is 1. The molecule has 2 amide bonds. The molecule has 2 aliphatic heterocycles. The van der Waals surface area contributed by atoms with Crippen LogP contribution < -0.4 is 14.8 Å². The molecule has 1 N–H and O–H groups in total. The summed E-state index contributed by atoms with van der Waals surface area (Å²) in [7, 11) is 4.66. The summed E-state index contributed by atoms with van der Waals surface area (Å²) in [5.41, 5.74) is 1.81. The highest BCUT2D eigenvalue weighted by Gasteiger charge is 2.47. The van der Waals surface area contributed by atoms with E-state index in [0.29, 0.717) is 6.54 Å². The van der Waals surface area contributed by atoms with Crippen LogP contribution in [0.15, 0.2) is 48.5 Å². The summed E-state index contributed by atoms with van der Waals surface area (Å²) in [6, 6.07) is 15.4. The van der Waals surface area contributed by atoms with Crippen molar-refractivity contribution in [3.63, 3.8) is 0 Å². The minimum atomic E-state index is -0.461. The first-order valence-electron chi connectivity index (χ1n) is 12.6. The number of ether oxygens (including phenoxy) is 3. The second-order valence-electron chi connectivity index (χ2n) is 9.67. The first kappa shape index (κ1) is 28.6. The summed E-state index contributed by atoms with van der Waals surface area (Å²) in [5.74, 6) is 1.85. The van der Waals surface area contributed by atoms with Gasteiger partial charge >= 0.3 is 6.09 Å². The highest BCUT2D eigenvalue weighted by molar-refractivity contribution is 5.85. The van der Waals surface area contributed by atoms with E-state index in [-0.39, 0.29) is 29.8 Å². The third-order valence-electron chi connectivity index (χ3n) is 7.67. The molecule has 9 heteroatoms. The summed E-state index contributed by atoms with van der Waals surface area (Å²) in [4.78, 5) is 29.8. The van der Waals surface area contributed by atoms with Crippen LogP contribution in [0.1, 0.15) is 42.9 Å². The van der Waals surface area contributed by atoms with Crippen LogP contribution in [-0.4, -0.2) is 69.3 Å². The SMILES string of the molecule is COC(=O)NC(CCN1CCC2(CC1)CCN(Cc1ccc(OC)cc1)C2=O)c1ccccc1OC.Cl. The molecule has 202 valence electrons. The number of para-hydroxylation sites is 1. The van der Waals surface area contributed by atoms with Gasteiger partial charge in [-0.1, -0.05) is 30.3 Å². The molecule has 0 saturated carbocycles. The Bertz CT molecular complexity index is 1040. The Hall–Kier alpha value is -2.97. The quantitative estimate of drug-likeness (QED) is 0.515. The number of carbonyl (C=O) groups is 2. The molecule has 2 aromatic rings. The number of alkyl carbamates (subject to hydrolysis) is 1. The number of benzene rings is 2. The van der Waals surface area contributed by atoms with Gasteiger partial charge in [0.05, 0.1) is 32.8 Å². The van der Waals surface area contributed by atoms with Crippen LogP contribution in [-0.2, 0) is 16.1 Å². The van der Waals surface area contributed by atoms with Crippen LogP contribution in [0.4, 0.5) is 4.79 Å². The lowest BCUT2D eigenvalue weighted by Crippen LogP contribution is -2.45. The molecule has 1 unspecified atom stereocenters. The summed E-state index contributed by atoms with van der Waals surface area (Å²) < 4.78 is 15.6. The van der Waals surface area contributed by atoms with Crippen LogP contribution in [0.25, 0.3) is 0 Å². The Morgan fingerprint density at radius 2 is 1.65 bits per heavy atom. The van der Waals surface area contributed by atoms with Gasteiger partial charge in [-0.25, -0.2) is 4.79 Å². The van der Waals surface area contributed by atoms with Gasteiger partial charge in [-0.2, -0.15) is 0 Å². The van der Waals surface area contributed by atoms with Crippen LogP contribution in [0.2, 0.25) is 0 Å². The minimum Gasteiger partial charge on any atom is -0.497 e. The molecular formula is C28H38ClN3O5. The third-order valence-corrected chi connectivity index (χ3v) is 7.67. The van der Waals surface area contributed by atoms with E-state index >= 15 is 0 Å². The maximum atomic E-state index is 13.4. The van der Waals surface area contributed by atoms with E-state index in [1.165, 1.54) is 7.11 Å². The molecular weight excluding hydrogens is 494 g/mol. The van der Waals surface area contributed by atoms with Gasteiger partial charge in [0.25, 0.3) is 0 Å². The van der Waals surface area contributed by atoms with Crippen LogP contribution in [0.5, 0.6) is 11.5 Å². The molecule has 2 aliphatic rings. The zero-order valence-corrected chi connectivity index (χ0v) is 22.7. The maximum Gasteiger partial charge on any atom is 0.407 e. The van der Waals surface area contributed by atoms with Gasteiger partial charge in [-0.3, -0.25) is 4.79 Å². The fraction of sp³-hybridized carbons (Fsp3) is 0.500. The van der Waals surface area contributed by atoms with E-state index in [9.17, 15) is 9.59 Å². The number of rotatable bonds is 9. The minimum absolute atomic E-state index is 0. The van der Waals surface area contributed by atoms with Crippen molar-refractivity contribution in [1.82, 2.24) is 15.1 Å². The molecule has 0 bridgehead atoms. The molecule has 4 rings (SSSR count). The average Bonchev–Trinajstić information content (AvgIpc) is 3.21. The number of amides is 2. The normalized spacial score (nSPS) is 17.7. The van der Waals surface area contributed by atoms with Gasteiger partial charge < -0.3 is 29.3 Å². The molecule has 0 radical (unpaired) electrons. The Labute approximate surface area is 225 Å². The summed E-state index contributed by atoms with van der Waals surface area (Å²) >= 11 is 0. The van der Waals surface area contributed by atoms with E-state index in [1.54, 1.807) is 14.2 Å². The second kappa shape index (κ2) is 13.0. The van der Waals surface area contributed by atoms with Crippen molar-refractivity contribution < 1.29 is 23.8 Å². The fourth-order valence-corrected chi connectivity index (χ4v) is 5.44. The van der Waals surface area contributed by atoms with Crippen LogP contribution in [0.3, 0.4) is 0 Å². The van der Waals surface area contributed by atoms with Gasteiger partial charge in [0.15, 0.2) is 0 Å². The predicted molar refractivity (Wildman–Crippen MR) is 144 cm³/mol. The Balaban J connectivity index is 0.00000380. The number of methoxy groups -OCH3 is 3. The van der Waals surface area contributed by atoms with Gasteiger partial charge in [-0.05, 0) is 62.5 Å². The molecule has 2 fully saturated rings. The summed E-state index contributed by atoms with van der Waals surface area (Å²) in [6.45, 7) is 4.02. The zero-order valence-electron chi connectivity index (χ0n) is 21.9. The number of carbonyl (C=O) groups excluding carboxylic acids is 2. The molecule has 0 aliphatic carbocycles. The van der Waals surface area contributed by atoms with Crippen molar-refractivity contribution >= 4 is 24.4 Å². The fourth-order valence-electron chi connectivity index (χ4n) is 5.44. The largest absolute Gasteiger partial charge is 0.497 e. The second-order valence-corrected chi connectivity index (χ2v) is 9.67. The number of hydrogen-bond acceptors (Lipinski definition) is 6. The number of halogens is 1. The Morgan fingerprint density at radius 1 is 0.973 bits per heavy atom. The van der Waals surface area contributed by atoms with Crippen molar-refractivity contribution in [1.29, 1.82) is 0 Å². The van der Waals surface area contributed by atoms with Gasteiger partial charge in [-0.15, -0.1) is 12.4 Å². The van der Waals surface area contributed by atoms with E-state index in [2.05, 4.69) is 10.2 Å². The van der Waals surface area contributed by atoms with Crippen LogP contribution in [0, 0.1) is 5.41 Å². The van der Waals surface area contributed by atoms with E-state index in [0.717, 1.165) is 74.5 Å². The topological polar surface area (TPSA) is 80.3 Å². The molecule has 1 spiro atoms. The molecule has 1 atom stereocenters. The van der Waals surface area contributed by atoms with Crippen molar-refractivity contribution in [3.05, 3.63) is 59.7 Å². The lowest BCUT2D eigenvalue weighted by Gasteiger charge is -2.38. The number of likely N-dealkylation sites (tertiary alicyclic amines) is 2. The first-order valence-corrected chi connectivity index (χ1v) is 12.6. The Morgan fingerprint density at radius 3 is 2.30 bits per heavy atom. The smallest absolute Gasteiger partial charge is 0.407 e. The van der Waals surface area contributed by atoms with E-state index in [1.807, 2.05) is 53.4 Å². The molecule has 2 aromatic carbocycles. The highest BCUT2D eigenvalue weighted by Crippen LogP contribution is 2.42. The summed E-state index contributed by atoms with van der Waals surface area (Å²) in [5, 5.41) is 2.95. The standard InChI is InChI=1S/C28H37N3O5.ClH/c1-34-22-10-8-21(9-11-22)20-31-19-15-28(26(31)32)13-17-30(18-14-28)16-12-24(29-27(33)36-3)23-6-4-5-7-25(23)35-2;/h4-11,24H,12-20H2,1-3H3,(H,29,33);1H. The van der Waals surface area contributed by atoms with Crippen molar-refractivity contribution in [3.8, 4) is 11.5 Å². The molecule has 2 saturated heterocycles. The molecule has 0 aromatic heterocycles. The predicted octanol–water partition coefficient (Wildman–Crippen LogP) is 4.43. The number of nitrogens with zero attached hydrogens (tertiary/aromatic N) is 2. The number of piperidine rings is 1. The van der Waals surface area contributed by atoms with Crippen molar-refractivity contribution in [2.75, 3.05) is 47.5 Å². The maximum absolute atomic E-state index is 13.4. The summed E-state index contributed by atoms with van der Waals surface area (Å²) in [6.07, 6.45) is 2.92. The molecule has 2 heterocycles. The first-order chi connectivity index (χ1) is 17.5. The zero-order chi connectivity index (χ0) is 25.5. The molecule has 37 heavy (non-hydrogen) atoms. The van der Waals surface area contributed by atoms with Gasteiger partial charge in [0.1, 0.15) is 11.5 Å². The van der Waals surface area contributed by atoms with Crippen LogP contribution >= 0.6 is 12.4 Å². The average molecular weight is 532 g/mol. The van der Waals surface area contributed by atoms with Gasteiger partial charge in [0, 0.05) is 25.2 Å². The number of hydrogen-bond donors (Lipinski definition) is 1. The van der Waals surface area contributed by atoms with E-state index < -0.39 is 6.09 Å². The third kappa shape index (κ3) is 6.67. The monoisotopic (exact) mass is 531 g/mol. The van der Waals surface area contributed by atoms with Crippen molar-refractivity contribution in [2.45, 2.75) is 38.3 Å². The van der Waals surface area contributed by atoms with E-state index in [4.69, 9.17) is 14.2 Å². The Kier molecular flexibility index (Phi) is 10.1. The van der Waals surface area contributed by atoms with Gasteiger partial charge in [0.2, 0.25) is 5.91 Å².